The molecule has 1 saturated carbocycles. The number of hydrogen-bond donors (Lipinski definition) is 1. The van der Waals surface area contributed by atoms with Gasteiger partial charge in [-0.25, -0.2) is 0 Å². The standard InChI is InChI=1S/C14H30N2/c1-11-6-12(2)8-13(7-11)16(5)10-14(3,4)9-15/h11-13H,6-10,15H2,1-5H3. The van der Waals surface area contributed by atoms with E-state index in [4.69, 9.17) is 5.73 Å². The maximum atomic E-state index is 5.81. The monoisotopic (exact) mass is 226 g/mol. The van der Waals surface area contributed by atoms with E-state index in [0.29, 0.717) is 0 Å². The average Bonchev–Trinajstić information content (AvgIpc) is 2.15. The van der Waals surface area contributed by atoms with Gasteiger partial charge in [0, 0.05) is 12.6 Å². The van der Waals surface area contributed by atoms with E-state index in [1.807, 2.05) is 0 Å². The highest BCUT2D eigenvalue weighted by molar-refractivity contribution is 4.83. The zero-order valence-electron chi connectivity index (χ0n) is 11.8. The van der Waals surface area contributed by atoms with Crippen LogP contribution in [-0.2, 0) is 0 Å². The normalized spacial score (nSPS) is 32.1. The van der Waals surface area contributed by atoms with Crippen LogP contribution in [0.4, 0.5) is 0 Å². The summed E-state index contributed by atoms with van der Waals surface area (Å²) in [5, 5.41) is 0. The lowest BCUT2D eigenvalue weighted by atomic mass is 9.79. The Morgan fingerprint density at radius 3 is 2.06 bits per heavy atom. The summed E-state index contributed by atoms with van der Waals surface area (Å²) in [4.78, 5) is 2.54. The molecule has 0 spiro atoms. The Bertz CT molecular complexity index is 203. The van der Waals surface area contributed by atoms with Gasteiger partial charge in [-0.1, -0.05) is 27.7 Å². The topological polar surface area (TPSA) is 29.3 Å². The Kier molecular flexibility index (Phi) is 4.81. The van der Waals surface area contributed by atoms with E-state index in [1.54, 1.807) is 0 Å². The minimum Gasteiger partial charge on any atom is -0.330 e. The molecule has 1 fully saturated rings. The molecule has 2 nitrogen and oxygen atoms in total. The first-order valence-electron chi connectivity index (χ1n) is 6.74. The van der Waals surface area contributed by atoms with Gasteiger partial charge < -0.3 is 10.6 Å². The van der Waals surface area contributed by atoms with Crippen molar-refractivity contribution in [2.24, 2.45) is 23.0 Å². The second-order valence-electron chi connectivity index (χ2n) is 6.85. The van der Waals surface area contributed by atoms with E-state index in [2.05, 4.69) is 39.6 Å². The summed E-state index contributed by atoms with van der Waals surface area (Å²) in [5.74, 6) is 1.77. The van der Waals surface area contributed by atoms with Crippen molar-refractivity contribution in [3.8, 4) is 0 Å². The van der Waals surface area contributed by atoms with Crippen molar-refractivity contribution in [2.75, 3.05) is 20.1 Å². The van der Waals surface area contributed by atoms with Crippen LogP contribution in [-0.4, -0.2) is 31.1 Å². The molecular formula is C14H30N2. The van der Waals surface area contributed by atoms with E-state index in [0.717, 1.165) is 31.0 Å². The predicted octanol–water partition coefficient (Wildman–Crippen LogP) is 2.73. The molecule has 2 N–H and O–H groups in total. The summed E-state index contributed by atoms with van der Waals surface area (Å²) in [6.07, 6.45) is 4.13. The second-order valence-corrected chi connectivity index (χ2v) is 6.85. The molecule has 2 unspecified atom stereocenters. The maximum Gasteiger partial charge on any atom is 0.00975 e. The molecular weight excluding hydrogens is 196 g/mol. The third-order valence-corrected chi connectivity index (χ3v) is 4.01. The van der Waals surface area contributed by atoms with Crippen molar-refractivity contribution in [2.45, 2.75) is 53.0 Å². The van der Waals surface area contributed by atoms with Crippen LogP contribution < -0.4 is 5.73 Å². The number of hydrogen-bond acceptors (Lipinski definition) is 2. The van der Waals surface area contributed by atoms with Crippen LogP contribution in [0.3, 0.4) is 0 Å². The second kappa shape index (κ2) is 5.50. The molecule has 1 aliphatic rings. The Hall–Kier alpha value is -0.0800. The van der Waals surface area contributed by atoms with Gasteiger partial charge in [0.05, 0.1) is 0 Å². The van der Waals surface area contributed by atoms with Gasteiger partial charge in [0.1, 0.15) is 0 Å². The van der Waals surface area contributed by atoms with E-state index < -0.39 is 0 Å². The highest BCUT2D eigenvalue weighted by Gasteiger charge is 2.29. The lowest BCUT2D eigenvalue weighted by molar-refractivity contribution is 0.0990. The van der Waals surface area contributed by atoms with Gasteiger partial charge in [-0.15, -0.1) is 0 Å². The summed E-state index contributed by atoms with van der Waals surface area (Å²) in [5.41, 5.74) is 6.06. The van der Waals surface area contributed by atoms with Gasteiger partial charge in [-0.05, 0) is 50.1 Å². The molecule has 0 aliphatic heterocycles. The van der Waals surface area contributed by atoms with Crippen LogP contribution >= 0.6 is 0 Å². The first kappa shape index (κ1) is 14.0. The Labute approximate surface area is 102 Å². The zero-order chi connectivity index (χ0) is 12.3. The molecule has 1 rings (SSSR count). The minimum absolute atomic E-state index is 0.249. The number of nitrogens with two attached hydrogens (primary N) is 1. The molecule has 96 valence electrons. The first-order chi connectivity index (χ1) is 7.34. The van der Waals surface area contributed by atoms with Crippen LogP contribution in [0.5, 0.6) is 0 Å². The highest BCUT2D eigenvalue weighted by Crippen LogP contribution is 2.32. The van der Waals surface area contributed by atoms with Crippen LogP contribution in [0.2, 0.25) is 0 Å². The minimum atomic E-state index is 0.249. The van der Waals surface area contributed by atoms with Crippen molar-refractivity contribution < 1.29 is 0 Å². The van der Waals surface area contributed by atoms with Gasteiger partial charge >= 0.3 is 0 Å². The molecule has 0 radical (unpaired) electrons. The third kappa shape index (κ3) is 4.06. The van der Waals surface area contributed by atoms with Crippen molar-refractivity contribution in [1.29, 1.82) is 0 Å². The zero-order valence-corrected chi connectivity index (χ0v) is 11.8. The number of nitrogens with zero attached hydrogens (tertiary/aromatic N) is 1. The van der Waals surface area contributed by atoms with Crippen molar-refractivity contribution in [3.05, 3.63) is 0 Å². The average molecular weight is 226 g/mol. The molecule has 0 bridgehead atoms. The SMILES string of the molecule is CC1CC(C)CC(N(C)CC(C)(C)CN)C1. The summed E-state index contributed by atoms with van der Waals surface area (Å²) in [6.45, 7) is 11.2. The summed E-state index contributed by atoms with van der Waals surface area (Å²) >= 11 is 0. The maximum absolute atomic E-state index is 5.81. The molecule has 2 heteroatoms. The van der Waals surface area contributed by atoms with E-state index in [9.17, 15) is 0 Å². The molecule has 16 heavy (non-hydrogen) atoms. The fourth-order valence-electron chi connectivity index (χ4n) is 3.13. The predicted molar refractivity (Wildman–Crippen MR) is 71.4 cm³/mol. The van der Waals surface area contributed by atoms with Crippen LogP contribution in [0.1, 0.15) is 47.0 Å². The third-order valence-electron chi connectivity index (χ3n) is 4.01. The fourth-order valence-corrected chi connectivity index (χ4v) is 3.13. The summed E-state index contributed by atoms with van der Waals surface area (Å²) < 4.78 is 0. The lowest BCUT2D eigenvalue weighted by Crippen LogP contribution is -2.44. The quantitative estimate of drug-likeness (QED) is 0.798. The molecule has 0 amide bonds. The van der Waals surface area contributed by atoms with Crippen molar-refractivity contribution in [3.63, 3.8) is 0 Å². The Balaban J connectivity index is 2.50. The van der Waals surface area contributed by atoms with Gasteiger partial charge in [0.15, 0.2) is 0 Å². The van der Waals surface area contributed by atoms with Crippen molar-refractivity contribution >= 4 is 0 Å². The van der Waals surface area contributed by atoms with Gasteiger partial charge in [-0.3, -0.25) is 0 Å². The first-order valence-corrected chi connectivity index (χ1v) is 6.74. The van der Waals surface area contributed by atoms with Crippen LogP contribution in [0.15, 0.2) is 0 Å². The van der Waals surface area contributed by atoms with E-state index in [1.165, 1.54) is 19.3 Å². The highest BCUT2D eigenvalue weighted by atomic mass is 15.1. The Morgan fingerprint density at radius 2 is 1.62 bits per heavy atom. The molecule has 0 saturated heterocycles. The fraction of sp³-hybridized carbons (Fsp3) is 1.00. The summed E-state index contributed by atoms with van der Waals surface area (Å²) in [7, 11) is 2.27. The van der Waals surface area contributed by atoms with Gasteiger partial charge in [0.25, 0.3) is 0 Å². The van der Waals surface area contributed by atoms with Crippen LogP contribution in [0.25, 0.3) is 0 Å². The molecule has 0 aromatic carbocycles. The van der Waals surface area contributed by atoms with Crippen LogP contribution in [0, 0.1) is 17.3 Å². The van der Waals surface area contributed by atoms with Crippen molar-refractivity contribution in [1.82, 2.24) is 4.90 Å². The van der Waals surface area contributed by atoms with E-state index >= 15 is 0 Å². The molecule has 1 aliphatic carbocycles. The largest absolute Gasteiger partial charge is 0.330 e. The summed E-state index contributed by atoms with van der Waals surface area (Å²) in [6, 6.07) is 0.768. The molecule has 0 aromatic rings. The molecule has 0 heterocycles. The molecule has 0 aromatic heterocycles. The Morgan fingerprint density at radius 1 is 1.12 bits per heavy atom. The smallest absolute Gasteiger partial charge is 0.00975 e. The molecule has 2 atom stereocenters. The van der Waals surface area contributed by atoms with Gasteiger partial charge in [0.2, 0.25) is 0 Å². The van der Waals surface area contributed by atoms with Gasteiger partial charge in [-0.2, -0.15) is 0 Å². The number of rotatable bonds is 4. The van der Waals surface area contributed by atoms with E-state index in [-0.39, 0.29) is 5.41 Å². The lowest BCUT2D eigenvalue weighted by Gasteiger charge is -2.40.